The Bertz CT molecular complexity index is 438. The molecule has 98 valence electrons. The molecule has 1 unspecified atom stereocenters. The standard InChI is InChI=1S/C14H18BrClN2/c15-13-9-11(16)4-5-14(13)18-8-7-17-6-2-1-3-12(17)10-18/h4-5,9,12H,1-3,6-8,10H2. The van der Waals surface area contributed by atoms with Gasteiger partial charge >= 0.3 is 0 Å². The topological polar surface area (TPSA) is 6.48 Å². The second-order valence-corrected chi connectivity index (χ2v) is 6.52. The van der Waals surface area contributed by atoms with Gasteiger partial charge in [-0.15, -0.1) is 0 Å². The Hall–Kier alpha value is -0.250. The second-order valence-electron chi connectivity index (χ2n) is 5.23. The minimum Gasteiger partial charge on any atom is -0.368 e. The first-order valence-electron chi connectivity index (χ1n) is 6.68. The molecule has 0 bridgehead atoms. The van der Waals surface area contributed by atoms with Gasteiger partial charge in [0.2, 0.25) is 0 Å². The summed E-state index contributed by atoms with van der Waals surface area (Å²) < 4.78 is 1.11. The zero-order chi connectivity index (χ0) is 12.5. The molecule has 1 aromatic rings. The molecule has 0 radical (unpaired) electrons. The maximum Gasteiger partial charge on any atom is 0.0512 e. The van der Waals surface area contributed by atoms with Crippen LogP contribution in [0.3, 0.4) is 0 Å². The summed E-state index contributed by atoms with van der Waals surface area (Å²) in [5.41, 5.74) is 1.28. The number of hydrogen-bond donors (Lipinski definition) is 0. The maximum atomic E-state index is 6.01. The number of benzene rings is 1. The Kier molecular flexibility index (Phi) is 3.83. The van der Waals surface area contributed by atoms with Crippen LogP contribution < -0.4 is 4.90 Å². The molecule has 0 amide bonds. The van der Waals surface area contributed by atoms with Crippen molar-refractivity contribution in [3.63, 3.8) is 0 Å². The molecule has 0 spiro atoms. The van der Waals surface area contributed by atoms with Crippen molar-refractivity contribution < 1.29 is 0 Å². The van der Waals surface area contributed by atoms with Gasteiger partial charge in [-0.05, 0) is 53.5 Å². The maximum absolute atomic E-state index is 6.01. The van der Waals surface area contributed by atoms with Crippen LogP contribution in [0.25, 0.3) is 0 Å². The van der Waals surface area contributed by atoms with Crippen LogP contribution in [-0.2, 0) is 0 Å². The van der Waals surface area contributed by atoms with E-state index in [-0.39, 0.29) is 0 Å². The molecular weight excluding hydrogens is 312 g/mol. The van der Waals surface area contributed by atoms with Crippen molar-refractivity contribution in [3.05, 3.63) is 27.7 Å². The number of rotatable bonds is 1. The predicted molar refractivity (Wildman–Crippen MR) is 80.6 cm³/mol. The quantitative estimate of drug-likeness (QED) is 0.774. The van der Waals surface area contributed by atoms with Crippen molar-refractivity contribution in [2.24, 2.45) is 0 Å². The van der Waals surface area contributed by atoms with Crippen molar-refractivity contribution >= 4 is 33.2 Å². The van der Waals surface area contributed by atoms with E-state index in [0.29, 0.717) is 0 Å². The Morgan fingerprint density at radius 2 is 2.06 bits per heavy atom. The second kappa shape index (κ2) is 5.40. The summed E-state index contributed by atoms with van der Waals surface area (Å²) >= 11 is 9.64. The van der Waals surface area contributed by atoms with Crippen molar-refractivity contribution in [1.82, 2.24) is 4.90 Å². The minimum absolute atomic E-state index is 0.745. The summed E-state index contributed by atoms with van der Waals surface area (Å²) in [5, 5.41) is 0.793. The molecule has 2 fully saturated rings. The van der Waals surface area contributed by atoms with E-state index in [1.807, 2.05) is 12.1 Å². The van der Waals surface area contributed by atoms with Crippen molar-refractivity contribution in [3.8, 4) is 0 Å². The molecule has 0 aromatic heterocycles. The van der Waals surface area contributed by atoms with Gasteiger partial charge in [-0.3, -0.25) is 4.90 Å². The molecule has 2 aliphatic rings. The van der Waals surface area contributed by atoms with E-state index in [1.54, 1.807) is 0 Å². The molecule has 1 aromatic carbocycles. The van der Waals surface area contributed by atoms with E-state index in [4.69, 9.17) is 11.6 Å². The highest BCUT2D eigenvalue weighted by molar-refractivity contribution is 9.10. The number of piperazine rings is 1. The number of anilines is 1. The predicted octanol–water partition coefficient (Wildman–Crippen LogP) is 3.78. The first-order chi connectivity index (χ1) is 8.74. The van der Waals surface area contributed by atoms with Crippen LogP contribution in [0.15, 0.2) is 22.7 Å². The lowest BCUT2D eigenvalue weighted by Crippen LogP contribution is -2.55. The van der Waals surface area contributed by atoms with Crippen molar-refractivity contribution in [2.75, 3.05) is 31.1 Å². The van der Waals surface area contributed by atoms with E-state index >= 15 is 0 Å². The van der Waals surface area contributed by atoms with Crippen LogP contribution in [0.1, 0.15) is 19.3 Å². The molecule has 2 aliphatic heterocycles. The highest BCUT2D eigenvalue weighted by atomic mass is 79.9. The molecule has 2 nitrogen and oxygen atoms in total. The Morgan fingerprint density at radius 1 is 1.17 bits per heavy atom. The lowest BCUT2D eigenvalue weighted by molar-refractivity contribution is 0.133. The van der Waals surface area contributed by atoms with Crippen LogP contribution in [0.5, 0.6) is 0 Å². The summed E-state index contributed by atoms with van der Waals surface area (Å²) in [6.07, 6.45) is 4.11. The Labute approximate surface area is 122 Å². The van der Waals surface area contributed by atoms with E-state index < -0.39 is 0 Å². The van der Waals surface area contributed by atoms with E-state index in [9.17, 15) is 0 Å². The normalized spacial score (nSPS) is 25.0. The SMILES string of the molecule is Clc1ccc(N2CCN3CCCCC3C2)c(Br)c1. The third kappa shape index (κ3) is 2.54. The van der Waals surface area contributed by atoms with Crippen LogP contribution >= 0.6 is 27.5 Å². The lowest BCUT2D eigenvalue weighted by Gasteiger charge is -2.45. The van der Waals surface area contributed by atoms with Gasteiger partial charge in [0.1, 0.15) is 0 Å². The smallest absolute Gasteiger partial charge is 0.0512 e. The molecular formula is C14H18BrClN2. The van der Waals surface area contributed by atoms with Gasteiger partial charge in [-0.2, -0.15) is 0 Å². The van der Waals surface area contributed by atoms with Gasteiger partial charge in [0.15, 0.2) is 0 Å². The number of nitrogens with zero attached hydrogens (tertiary/aromatic N) is 2. The molecule has 3 rings (SSSR count). The number of halogens is 2. The van der Waals surface area contributed by atoms with Crippen molar-refractivity contribution in [2.45, 2.75) is 25.3 Å². The molecule has 1 atom stereocenters. The minimum atomic E-state index is 0.745. The van der Waals surface area contributed by atoms with Crippen molar-refractivity contribution in [1.29, 1.82) is 0 Å². The molecule has 18 heavy (non-hydrogen) atoms. The Morgan fingerprint density at radius 3 is 2.89 bits per heavy atom. The highest BCUT2D eigenvalue weighted by Crippen LogP contribution is 2.32. The largest absolute Gasteiger partial charge is 0.368 e. The van der Waals surface area contributed by atoms with Crippen LogP contribution in [-0.4, -0.2) is 37.1 Å². The summed E-state index contributed by atoms with van der Waals surface area (Å²) in [4.78, 5) is 5.15. The van der Waals surface area contributed by atoms with Crippen LogP contribution in [0.2, 0.25) is 5.02 Å². The Balaban J connectivity index is 1.77. The first kappa shape index (κ1) is 12.8. The van der Waals surface area contributed by atoms with E-state index in [0.717, 1.165) is 28.6 Å². The zero-order valence-electron chi connectivity index (χ0n) is 10.4. The average molecular weight is 330 g/mol. The number of hydrogen-bond acceptors (Lipinski definition) is 2. The summed E-state index contributed by atoms with van der Waals surface area (Å²) in [6, 6.07) is 6.85. The lowest BCUT2D eigenvalue weighted by atomic mass is 9.99. The molecule has 2 saturated heterocycles. The van der Waals surface area contributed by atoms with E-state index in [2.05, 4.69) is 31.8 Å². The fraction of sp³-hybridized carbons (Fsp3) is 0.571. The summed E-state index contributed by atoms with van der Waals surface area (Å²) in [5.74, 6) is 0. The summed E-state index contributed by atoms with van der Waals surface area (Å²) in [6.45, 7) is 4.76. The van der Waals surface area contributed by atoms with Gasteiger partial charge < -0.3 is 4.90 Å². The number of fused-ring (bicyclic) bond motifs is 1. The van der Waals surface area contributed by atoms with Gasteiger partial charge in [-0.25, -0.2) is 0 Å². The van der Waals surface area contributed by atoms with Crippen LogP contribution in [0.4, 0.5) is 5.69 Å². The van der Waals surface area contributed by atoms with Gasteiger partial charge in [-0.1, -0.05) is 18.0 Å². The first-order valence-corrected chi connectivity index (χ1v) is 7.85. The molecule has 2 heterocycles. The highest BCUT2D eigenvalue weighted by Gasteiger charge is 2.29. The zero-order valence-corrected chi connectivity index (χ0v) is 12.8. The fourth-order valence-corrected chi connectivity index (χ4v) is 4.05. The van der Waals surface area contributed by atoms with Gasteiger partial charge in [0.05, 0.1) is 5.69 Å². The summed E-state index contributed by atoms with van der Waals surface area (Å²) in [7, 11) is 0. The average Bonchev–Trinajstić information content (AvgIpc) is 2.38. The third-order valence-corrected chi connectivity index (χ3v) is 4.96. The fourth-order valence-electron chi connectivity index (χ4n) is 3.11. The molecule has 0 saturated carbocycles. The molecule has 0 N–H and O–H groups in total. The van der Waals surface area contributed by atoms with E-state index in [1.165, 1.54) is 38.0 Å². The van der Waals surface area contributed by atoms with Gasteiger partial charge in [0, 0.05) is 35.2 Å². The molecule has 0 aliphatic carbocycles. The molecule has 4 heteroatoms. The van der Waals surface area contributed by atoms with Gasteiger partial charge in [0.25, 0.3) is 0 Å². The number of piperidine rings is 1. The third-order valence-electron chi connectivity index (χ3n) is 4.09. The monoisotopic (exact) mass is 328 g/mol. The van der Waals surface area contributed by atoms with Crippen LogP contribution in [0, 0.1) is 0 Å².